The van der Waals surface area contributed by atoms with Crippen molar-refractivity contribution in [1.29, 1.82) is 0 Å². The maximum absolute atomic E-state index is 11.9. The zero-order valence-electron chi connectivity index (χ0n) is 13.3. The minimum Gasteiger partial charge on any atom is -0.377 e. The SMILES string of the molecule is CC(C)OCCN(C)C(CN)CC(=O)NC(C)(C)C. The van der Waals surface area contributed by atoms with Gasteiger partial charge in [0, 0.05) is 31.1 Å². The second-order valence-electron chi connectivity index (χ2n) is 6.29. The molecule has 0 fully saturated rings. The average molecular weight is 273 g/mol. The third-order valence-electron chi connectivity index (χ3n) is 2.73. The van der Waals surface area contributed by atoms with Gasteiger partial charge in [-0.1, -0.05) is 0 Å². The van der Waals surface area contributed by atoms with Crippen molar-refractivity contribution in [3.63, 3.8) is 0 Å². The lowest BCUT2D eigenvalue weighted by atomic mass is 10.1. The zero-order chi connectivity index (χ0) is 15.1. The molecule has 0 aliphatic rings. The van der Waals surface area contributed by atoms with E-state index in [-0.39, 0.29) is 23.6 Å². The molecule has 0 radical (unpaired) electrons. The summed E-state index contributed by atoms with van der Waals surface area (Å²) in [5.74, 6) is 0.0413. The first kappa shape index (κ1) is 18.4. The maximum Gasteiger partial charge on any atom is 0.222 e. The molecule has 0 saturated carbocycles. The van der Waals surface area contributed by atoms with Crippen molar-refractivity contribution in [1.82, 2.24) is 10.2 Å². The molecule has 0 aromatic heterocycles. The Labute approximate surface area is 117 Å². The van der Waals surface area contributed by atoms with E-state index in [2.05, 4.69) is 10.2 Å². The summed E-state index contributed by atoms with van der Waals surface area (Å²) >= 11 is 0. The third kappa shape index (κ3) is 9.87. The summed E-state index contributed by atoms with van der Waals surface area (Å²) in [6.07, 6.45) is 0.653. The van der Waals surface area contributed by atoms with Gasteiger partial charge in [0.05, 0.1) is 12.7 Å². The van der Waals surface area contributed by atoms with Crippen LogP contribution in [0.15, 0.2) is 0 Å². The van der Waals surface area contributed by atoms with E-state index in [1.807, 2.05) is 41.7 Å². The molecular formula is C14H31N3O2. The third-order valence-corrected chi connectivity index (χ3v) is 2.73. The van der Waals surface area contributed by atoms with Crippen LogP contribution in [-0.4, -0.2) is 55.2 Å². The Morgan fingerprint density at radius 2 is 1.95 bits per heavy atom. The van der Waals surface area contributed by atoms with Crippen molar-refractivity contribution in [2.75, 3.05) is 26.7 Å². The molecule has 5 nitrogen and oxygen atoms in total. The van der Waals surface area contributed by atoms with Crippen molar-refractivity contribution < 1.29 is 9.53 Å². The fourth-order valence-corrected chi connectivity index (χ4v) is 1.72. The molecule has 0 aliphatic heterocycles. The second kappa shape index (κ2) is 8.51. The molecular weight excluding hydrogens is 242 g/mol. The fourth-order valence-electron chi connectivity index (χ4n) is 1.72. The molecule has 5 heteroatoms. The van der Waals surface area contributed by atoms with Crippen molar-refractivity contribution in [2.45, 2.75) is 58.7 Å². The lowest BCUT2D eigenvalue weighted by Gasteiger charge is -2.28. The topological polar surface area (TPSA) is 67.6 Å². The molecule has 0 bridgehead atoms. The number of carbonyl (C=O) groups is 1. The van der Waals surface area contributed by atoms with Crippen LogP contribution in [0.4, 0.5) is 0 Å². The molecule has 3 N–H and O–H groups in total. The van der Waals surface area contributed by atoms with E-state index in [0.717, 1.165) is 6.54 Å². The predicted octanol–water partition coefficient (Wildman–Crippen LogP) is 0.975. The van der Waals surface area contributed by atoms with Gasteiger partial charge in [-0.05, 0) is 41.7 Å². The second-order valence-corrected chi connectivity index (χ2v) is 6.29. The minimum atomic E-state index is -0.199. The van der Waals surface area contributed by atoms with Crippen LogP contribution in [0.25, 0.3) is 0 Å². The van der Waals surface area contributed by atoms with E-state index in [4.69, 9.17) is 10.5 Å². The van der Waals surface area contributed by atoms with Gasteiger partial charge < -0.3 is 15.8 Å². The molecule has 1 unspecified atom stereocenters. The smallest absolute Gasteiger partial charge is 0.222 e. The van der Waals surface area contributed by atoms with Crippen LogP contribution in [0.5, 0.6) is 0 Å². The van der Waals surface area contributed by atoms with Crippen molar-refractivity contribution in [3.8, 4) is 0 Å². The number of carbonyl (C=O) groups excluding carboxylic acids is 1. The Kier molecular flexibility index (Phi) is 8.22. The summed E-state index contributed by atoms with van der Waals surface area (Å²) in [5.41, 5.74) is 5.56. The molecule has 0 aromatic rings. The summed E-state index contributed by atoms with van der Waals surface area (Å²) in [7, 11) is 1.98. The number of nitrogens with zero attached hydrogens (tertiary/aromatic N) is 1. The number of nitrogens with two attached hydrogens (primary N) is 1. The van der Waals surface area contributed by atoms with Gasteiger partial charge in [-0.25, -0.2) is 0 Å². The highest BCUT2D eigenvalue weighted by molar-refractivity contribution is 5.77. The van der Waals surface area contributed by atoms with Crippen LogP contribution in [0.2, 0.25) is 0 Å². The van der Waals surface area contributed by atoms with Gasteiger partial charge in [0.1, 0.15) is 0 Å². The van der Waals surface area contributed by atoms with Crippen LogP contribution in [-0.2, 0) is 9.53 Å². The lowest BCUT2D eigenvalue weighted by Crippen LogP contribution is -2.47. The van der Waals surface area contributed by atoms with E-state index >= 15 is 0 Å². The molecule has 0 spiro atoms. The standard InChI is InChI=1S/C14H31N3O2/c1-11(2)19-8-7-17(6)12(10-15)9-13(18)16-14(3,4)5/h11-12H,7-10,15H2,1-6H3,(H,16,18). The first-order chi connectivity index (χ1) is 8.65. The first-order valence-electron chi connectivity index (χ1n) is 6.98. The number of rotatable bonds is 8. The number of hydrogen-bond donors (Lipinski definition) is 2. The van der Waals surface area contributed by atoms with Crippen LogP contribution < -0.4 is 11.1 Å². The Hall–Kier alpha value is -0.650. The largest absolute Gasteiger partial charge is 0.377 e. The predicted molar refractivity (Wildman–Crippen MR) is 79.1 cm³/mol. The van der Waals surface area contributed by atoms with E-state index < -0.39 is 0 Å². The summed E-state index contributed by atoms with van der Waals surface area (Å²) in [4.78, 5) is 14.0. The molecule has 0 rings (SSSR count). The van der Waals surface area contributed by atoms with E-state index in [1.54, 1.807) is 0 Å². The summed E-state index contributed by atoms with van der Waals surface area (Å²) in [6, 6.07) is 0.0538. The molecule has 0 aliphatic carbocycles. The molecule has 0 aromatic carbocycles. The molecule has 1 atom stereocenters. The van der Waals surface area contributed by atoms with Gasteiger partial charge in [0.2, 0.25) is 5.91 Å². The van der Waals surface area contributed by atoms with Crippen LogP contribution >= 0.6 is 0 Å². The van der Waals surface area contributed by atoms with Gasteiger partial charge in [0.25, 0.3) is 0 Å². The van der Waals surface area contributed by atoms with E-state index in [0.29, 0.717) is 19.6 Å². The van der Waals surface area contributed by atoms with E-state index in [1.165, 1.54) is 0 Å². The highest BCUT2D eigenvalue weighted by Crippen LogP contribution is 2.04. The number of ether oxygens (including phenoxy) is 1. The molecule has 0 saturated heterocycles. The van der Waals surface area contributed by atoms with E-state index in [9.17, 15) is 4.79 Å². The monoisotopic (exact) mass is 273 g/mol. The Morgan fingerprint density at radius 1 is 1.37 bits per heavy atom. The normalized spacial score (nSPS) is 13.9. The fraction of sp³-hybridized carbons (Fsp3) is 0.929. The van der Waals surface area contributed by atoms with Gasteiger partial charge in [-0.15, -0.1) is 0 Å². The van der Waals surface area contributed by atoms with Gasteiger partial charge in [-0.2, -0.15) is 0 Å². The lowest BCUT2D eigenvalue weighted by molar-refractivity contribution is -0.123. The quantitative estimate of drug-likeness (QED) is 0.691. The van der Waals surface area contributed by atoms with Gasteiger partial charge >= 0.3 is 0 Å². The maximum atomic E-state index is 11.9. The molecule has 1 amide bonds. The number of hydrogen-bond acceptors (Lipinski definition) is 4. The van der Waals surface area contributed by atoms with Crippen molar-refractivity contribution in [2.24, 2.45) is 5.73 Å². The number of likely N-dealkylation sites (N-methyl/N-ethyl adjacent to an activating group) is 1. The van der Waals surface area contributed by atoms with Crippen LogP contribution in [0, 0.1) is 0 Å². The minimum absolute atomic E-state index is 0.0413. The Bertz CT molecular complexity index is 262. The van der Waals surface area contributed by atoms with Crippen molar-refractivity contribution >= 4 is 5.91 Å². The van der Waals surface area contributed by atoms with Crippen LogP contribution in [0.1, 0.15) is 41.0 Å². The molecule has 19 heavy (non-hydrogen) atoms. The summed E-state index contributed by atoms with van der Waals surface area (Å²) in [6.45, 7) is 11.9. The Balaban J connectivity index is 4.14. The highest BCUT2D eigenvalue weighted by atomic mass is 16.5. The average Bonchev–Trinajstić information content (AvgIpc) is 2.22. The number of nitrogens with one attached hydrogen (secondary N) is 1. The number of amides is 1. The zero-order valence-corrected chi connectivity index (χ0v) is 13.3. The summed E-state index contributed by atoms with van der Waals surface area (Å²) < 4.78 is 5.51. The van der Waals surface area contributed by atoms with Gasteiger partial charge in [-0.3, -0.25) is 9.69 Å². The highest BCUT2D eigenvalue weighted by Gasteiger charge is 2.20. The van der Waals surface area contributed by atoms with Gasteiger partial charge in [0.15, 0.2) is 0 Å². The van der Waals surface area contributed by atoms with Crippen LogP contribution in [0.3, 0.4) is 0 Å². The van der Waals surface area contributed by atoms with Crippen molar-refractivity contribution in [3.05, 3.63) is 0 Å². The first-order valence-corrected chi connectivity index (χ1v) is 6.98. The molecule has 0 heterocycles. The Morgan fingerprint density at radius 3 is 2.37 bits per heavy atom. The summed E-state index contributed by atoms with van der Waals surface area (Å²) in [5, 5.41) is 2.96. The molecule has 114 valence electrons.